The average molecular weight is 709 g/mol. The number of carbonyl (C=O) groups excluding carboxylic acids is 4. The van der Waals surface area contributed by atoms with Crippen molar-refractivity contribution in [3.63, 3.8) is 0 Å². The lowest BCUT2D eigenvalue weighted by molar-refractivity contribution is 0.0871. The minimum absolute atomic E-state index is 0.0493. The Balaban J connectivity index is 0.000000142. The molecule has 2 aromatic heterocycles. The second-order valence-corrected chi connectivity index (χ2v) is 15.6. The maximum Gasteiger partial charge on any atom is 0.264 e. The van der Waals surface area contributed by atoms with Crippen LogP contribution in [0, 0.1) is 24.7 Å². The Morgan fingerprint density at radius 2 is 0.815 bits per heavy atom. The van der Waals surface area contributed by atoms with Crippen molar-refractivity contribution in [3.05, 3.63) is 154 Å². The molecule has 54 heavy (non-hydrogen) atoms. The highest BCUT2D eigenvalue weighted by Gasteiger charge is 2.47. The number of ketones is 2. The van der Waals surface area contributed by atoms with Gasteiger partial charge in [-0.15, -0.1) is 0 Å². The van der Waals surface area contributed by atoms with E-state index in [0.29, 0.717) is 44.7 Å². The zero-order valence-electron chi connectivity index (χ0n) is 30.8. The van der Waals surface area contributed by atoms with Gasteiger partial charge in [0.1, 0.15) is 11.4 Å². The van der Waals surface area contributed by atoms with Crippen molar-refractivity contribution in [2.45, 2.75) is 41.5 Å². The number of benzene rings is 4. The molecule has 2 aliphatic carbocycles. The van der Waals surface area contributed by atoms with Gasteiger partial charge in [-0.25, -0.2) is 9.97 Å². The van der Waals surface area contributed by atoms with Gasteiger partial charge in [-0.2, -0.15) is 0 Å². The van der Waals surface area contributed by atoms with Crippen molar-refractivity contribution in [2.24, 2.45) is 10.8 Å². The molecule has 0 atom stereocenters. The molecular weight excluding hydrogens is 673 g/mol. The molecule has 264 valence electrons. The van der Waals surface area contributed by atoms with Crippen LogP contribution in [0.1, 0.15) is 91.6 Å². The van der Waals surface area contributed by atoms with Crippen LogP contribution in [0.25, 0.3) is 33.2 Å². The summed E-state index contributed by atoms with van der Waals surface area (Å²) in [6.45, 7) is 11.5. The predicted molar refractivity (Wildman–Crippen MR) is 212 cm³/mol. The highest BCUT2D eigenvalue weighted by atomic mass is 16.2. The van der Waals surface area contributed by atoms with Gasteiger partial charge in [-0.3, -0.25) is 29.0 Å². The maximum absolute atomic E-state index is 13.5. The topological polar surface area (TPSA) is 101 Å². The summed E-state index contributed by atoms with van der Waals surface area (Å²) in [4.78, 5) is 65.9. The minimum Gasteiger partial charge on any atom is -0.291 e. The van der Waals surface area contributed by atoms with E-state index in [1.165, 1.54) is 0 Å². The Kier molecular flexibility index (Phi) is 7.08. The van der Waals surface area contributed by atoms with Crippen molar-refractivity contribution in [2.75, 3.05) is 9.80 Å². The SMILES string of the molecule is Cc1ccc(N2C(=O)c3c4c(nc5ccccc35)C(=O)C(C)(C)C=C42)cc1.Cc1ccc(N2C(=O)c3c4c(nc5ccccc35)C(=O)C(C)(C)C=C42)cc1. The lowest BCUT2D eigenvalue weighted by atomic mass is 9.78. The van der Waals surface area contributed by atoms with E-state index in [9.17, 15) is 19.2 Å². The van der Waals surface area contributed by atoms with E-state index in [-0.39, 0.29) is 23.4 Å². The average Bonchev–Trinajstić information content (AvgIpc) is 3.60. The molecule has 8 nitrogen and oxygen atoms in total. The Labute approximate surface area is 312 Å². The lowest BCUT2D eigenvalue weighted by Gasteiger charge is -2.28. The standard InChI is InChI=1S/2C23H18N2O2/c2*1-13-8-10-14(11-9-13)25-17-12-23(2,3)21(26)20-19(17)18(22(25)27)15-6-4-5-7-16(15)24-20/h2*4-12H,1-3H3. The van der Waals surface area contributed by atoms with Gasteiger partial charge >= 0.3 is 0 Å². The third-order valence-electron chi connectivity index (χ3n) is 10.8. The van der Waals surface area contributed by atoms with Crippen LogP contribution in [-0.4, -0.2) is 33.3 Å². The van der Waals surface area contributed by atoms with Gasteiger partial charge in [0.2, 0.25) is 0 Å². The third kappa shape index (κ3) is 4.76. The summed E-state index contributed by atoms with van der Waals surface area (Å²) in [6, 6.07) is 30.8. The number of hydrogen-bond acceptors (Lipinski definition) is 6. The van der Waals surface area contributed by atoms with Crippen LogP contribution >= 0.6 is 0 Å². The molecule has 2 aliphatic heterocycles. The molecule has 4 aliphatic rings. The first-order chi connectivity index (χ1) is 25.8. The number of aromatic nitrogens is 2. The summed E-state index contributed by atoms with van der Waals surface area (Å²) >= 11 is 0. The van der Waals surface area contributed by atoms with Gasteiger partial charge in [0.25, 0.3) is 11.8 Å². The fourth-order valence-electron chi connectivity index (χ4n) is 7.96. The molecule has 0 radical (unpaired) electrons. The van der Waals surface area contributed by atoms with Crippen molar-refractivity contribution in [1.82, 2.24) is 9.97 Å². The van der Waals surface area contributed by atoms with Crippen molar-refractivity contribution >= 4 is 68.0 Å². The molecule has 2 amide bonds. The second-order valence-electron chi connectivity index (χ2n) is 15.6. The van der Waals surface area contributed by atoms with Crippen LogP contribution in [0.4, 0.5) is 11.4 Å². The molecule has 4 aromatic carbocycles. The summed E-state index contributed by atoms with van der Waals surface area (Å²) in [7, 11) is 0. The molecule has 0 saturated heterocycles. The van der Waals surface area contributed by atoms with Crippen molar-refractivity contribution in [3.8, 4) is 0 Å². The quantitative estimate of drug-likeness (QED) is 0.178. The summed E-state index contributed by atoms with van der Waals surface area (Å²) in [5.74, 6) is -0.311. The molecule has 0 bridgehead atoms. The fraction of sp³-hybridized carbons (Fsp3) is 0.174. The van der Waals surface area contributed by atoms with Crippen LogP contribution in [0.15, 0.2) is 109 Å². The number of anilines is 2. The van der Waals surface area contributed by atoms with E-state index in [0.717, 1.165) is 44.7 Å². The molecule has 8 heteroatoms. The third-order valence-corrected chi connectivity index (χ3v) is 10.8. The number of amides is 2. The maximum atomic E-state index is 13.5. The fourth-order valence-corrected chi connectivity index (χ4v) is 7.96. The first-order valence-electron chi connectivity index (χ1n) is 18.0. The van der Waals surface area contributed by atoms with Gasteiger partial charge < -0.3 is 0 Å². The van der Waals surface area contributed by atoms with Crippen LogP contribution < -0.4 is 9.80 Å². The number of Topliss-reactive ketones (excluding diaryl/α,β-unsaturated/α-hetero) is 2. The van der Waals surface area contributed by atoms with Gasteiger partial charge in [0, 0.05) is 44.1 Å². The lowest BCUT2D eigenvalue weighted by Crippen LogP contribution is -2.30. The van der Waals surface area contributed by atoms with E-state index >= 15 is 0 Å². The summed E-state index contributed by atoms with van der Waals surface area (Å²) in [5.41, 5.74) is 8.58. The highest BCUT2D eigenvalue weighted by molar-refractivity contribution is 6.32. The Morgan fingerprint density at radius 1 is 0.463 bits per heavy atom. The van der Waals surface area contributed by atoms with E-state index in [1.807, 2.05) is 151 Å². The monoisotopic (exact) mass is 708 g/mol. The number of allylic oxidation sites excluding steroid dienone is 2. The zero-order chi connectivity index (χ0) is 37.8. The van der Waals surface area contributed by atoms with Gasteiger partial charge in [0.05, 0.1) is 33.6 Å². The largest absolute Gasteiger partial charge is 0.291 e. The minimum atomic E-state index is -0.720. The van der Waals surface area contributed by atoms with E-state index in [4.69, 9.17) is 0 Å². The van der Waals surface area contributed by atoms with Gasteiger partial charge in [-0.05, 0) is 90.1 Å². The number of pyridine rings is 2. The van der Waals surface area contributed by atoms with Crippen LogP contribution in [0.5, 0.6) is 0 Å². The van der Waals surface area contributed by atoms with Gasteiger partial charge in [-0.1, -0.05) is 71.8 Å². The van der Waals surface area contributed by atoms with Gasteiger partial charge in [0.15, 0.2) is 11.6 Å². The van der Waals surface area contributed by atoms with E-state index in [1.54, 1.807) is 9.80 Å². The predicted octanol–water partition coefficient (Wildman–Crippen LogP) is 9.53. The normalized spacial score (nSPS) is 17.3. The number of hydrogen-bond donors (Lipinski definition) is 0. The Hall–Kier alpha value is -6.54. The first-order valence-corrected chi connectivity index (χ1v) is 18.0. The molecule has 0 spiro atoms. The molecule has 0 fully saturated rings. The number of fused-ring (bicyclic) bond motifs is 4. The first kappa shape index (κ1) is 33.3. The molecule has 0 unspecified atom stereocenters. The number of aryl methyl sites for hydroxylation is 2. The Bertz CT molecular complexity index is 2560. The van der Waals surface area contributed by atoms with E-state index in [2.05, 4.69) is 9.97 Å². The molecule has 6 aromatic rings. The van der Waals surface area contributed by atoms with Crippen molar-refractivity contribution in [1.29, 1.82) is 0 Å². The van der Waals surface area contributed by atoms with Crippen LogP contribution in [-0.2, 0) is 0 Å². The Morgan fingerprint density at radius 3 is 1.19 bits per heavy atom. The second kappa shape index (κ2) is 11.5. The number of carbonyl (C=O) groups is 4. The molecule has 0 N–H and O–H groups in total. The molecular formula is C46H36N4O4. The molecule has 0 saturated carbocycles. The highest BCUT2D eigenvalue weighted by Crippen LogP contribution is 2.49. The summed E-state index contributed by atoms with van der Waals surface area (Å²) in [6.07, 6.45) is 3.81. The number of rotatable bonds is 2. The van der Waals surface area contributed by atoms with Crippen LogP contribution in [0.3, 0.4) is 0 Å². The zero-order valence-corrected chi connectivity index (χ0v) is 30.8. The smallest absolute Gasteiger partial charge is 0.264 e. The molecule has 4 heterocycles. The molecule has 10 rings (SSSR count). The van der Waals surface area contributed by atoms with E-state index < -0.39 is 10.8 Å². The number of nitrogens with zero attached hydrogens (tertiary/aromatic N) is 4. The number of para-hydroxylation sites is 2. The van der Waals surface area contributed by atoms with Crippen LogP contribution in [0.2, 0.25) is 0 Å². The summed E-state index contributed by atoms with van der Waals surface area (Å²) < 4.78 is 0. The summed E-state index contributed by atoms with van der Waals surface area (Å²) in [5, 5.41) is 1.57. The van der Waals surface area contributed by atoms with Crippen molar-refractivity contribution < 1.29 is 19.2 Å².